The zero-order chi connectivity index (χ0) is 24.0. The van der Waals surface area contributed by atoms with Crippen LogP contribution in [0.5, 0.6) is 0 Å². The third-order valence-electron chi connectivity index (χ3n) is 5.13. The number of benzene rings is 2. The monoisotopic (exact) mass is 452 g/mol. The van der Waals surface area contributed by atoms with Gasteiger partial charge in [-0.25, -0.2) is 9.79 Å². The molecule has 0 aliphatic carbocycles. The van der Waals surface area contributed by atoms with Gasteiger partial charge in [0.1, 0.15) is 11.7 Å². The van der Waals surface area contributed by atoms with Crippen molar-refractivity contribution >= 4 is 29.3 Å². The summed E-state index contributed by atoms with van der Waals surface area (Å²) in [6.07, 6.45) is -0.390. The maximum atomic E-state index is 13.5. The molecule has 10 nitrogen and oxygen atoms in total. The second-order valence-electron chi connectivity index (χ2n) is 7.18. The molecular weight excluding hydrogens is 428 g/mol. The molecule has 3 rings (SSSR count). The summed E-state index contributed by atoms with van der Waals surface area (Å²) in [5.74, 6) is -0.969. The highest BCUT2D eigenvalue weighted by Gasteiger charge is 2.37. The number of aryl methyl sites for hydroxylation is 1. The molecule has 0 aromatic heterocycles. The Balaban J connectivity index is 2.03. The summed E-state index contributed by atoms with van der Waals surface area (Å²) in [6.45, 7) is 1.61. The fourth-order valence-electron chi connectivity index (χ4n) is 3.49. The number of anilines is 1. The van der Waals surface area contributed by atoms with Crippen LogP contribution in [0.25, 0.3) is 0 Å². The lowest BCUT2D eigenvalue weighted by Gasteiger charge is -2.35. The van der Waals surface area contributed by atoms with Gasteiger partial charge in [-0.3, -0.25) is 19.8 Å². The van der Waals surface area contributed by atoms with Crippen molar-refractivity contribution in [3.05, 3.63) is 81.5 Å². The van der Waals surface area contributed by atoms with Crippen LogP contribution < -0.4 is 10.2 Å². The molecule has 1 unspecified atom stereocenters. The third kappa shape index (κ3) is 5.35. The second-order valence-corrected chi connectivity index (χ2v) is 7.18. The van der Waals surface area contributed by atoms with E-state index in [0.29, 0.717) is 17.8 Å². The van der Waals surface area contributed by atoms with Gasteiger partial charge in [0, 0.05) is 24.2 Å². The maximum Gasteiger partial charge on any atom is 0.339 e. The molecule has 0 radical (unpaired) electrons. The maximum absolute atomic E-state index is 13.5. The van der Waals surface area contributed by atoms with Crippen LogP contribution in [0.2, 0.25) is 0 Å². The third-order valence-corrected chi connectivity index (χ3v) is 5.13. The predicted molar refractivity (Wildman–Crippen MR) is 121 cm³/mol. The minimum atomic E-state index is -0.991. The van der Waals surface area contributed by atoms with Crippen molar-refractivity contribution in [3.63, 3.8) is 0 Å². The first kappa shape index (κ1) is 23.5. The number of hydrogen-bond donors (Lipinski definition) is 1. The van der Waals surface area contributed by atoms with E-state index in [1.165, 1.54) is 43.4 Å². The van der Waals surface area contributed by atoms with Crippen molar-refractivity contribution in [1.82, 2.24) is 5.32 Å². The van der Waals surface area contributed by atoms with Gasteiger partial charge in [-0.05, 0) is 31.0 Å². The smallest absolute Gasteiger partial charge is 0.339 e. The first-order valence-electron chi connectivity index (χ1n) is 10.1. The van der Waals surface area contributed by atoms with E-state index >= 15 is 0 Å². The van der Waals surface area contributed by atoms with E-state index in [9.17, 15) is 19.7 Å². The van der Waals surface area contributed by atoms with Crippen molar-refractivity contribution in [1.29, 1.82) is 0 Å². The molecule has 0 fully saturated rings. The molecule has 1 heterocycles. The Labute approximate surface area is 190 Å². The number of allylic oxidation sites excluding steroid dienone is 1. The highest BCUT2D eigenvalue weighted by atomic mass is 16.6. The molecule has 0 bridgehead atoms. The summed E-state index contributed by atoms with van der Waals surface area (Å²) in [4.78, 5) is 42.2. The number of amides is 1. The van der Waals surface area contributed by atoms with E-state index in [0.717, 1.165) is 5.56 Å². The highest BCUT2D eigenvalue weighted by molar-refractivity contribution is 6.01. The summed E-state index contributed by atoms with van der Waals surface area (Å²) >= 11 is 0. The zero-order valence-corrected chi connectivity index (χ0v) is 18.5. The summed E-state index contributed by atoms with van der Waals surface area (Å²) < 4.78 is 10.2. The number of methoxy groups -OCH3 is 2. The predicted octanol–water partition coefficient (Wildman–Crippen LogP) is 2.94. The standard InChI is InChI=1S/C23H24N4O6/c1-15-20(22(29)32-2)21(25-23(24-15)33-3)26(17-10-12-18(13-11-17)27(30)31)19(28)14-9-16-7-5-4-6-8-16/h4-8,10-13,21H,9,14H2,1-3H3,(H,24,25). The molecule has 0 spiro atoms. The van der Waals surface area contributed by atoms with Crippen molar-refractivity contribution in [2.75, 3.05) is 19.1 Å². The molecular formula is C23H24N4O6. The van der Waals surface area contributed by atoms with Gasteiger partial charge in [-0.2, -0.15) is 0 Å². The molecule has 1 aliphatic rings. The number of amidine groups is 1. The molecule has 33 heavy (non-hydrogen) atoms. The lowest BCUT2D eigenvalue weighted by molar-refractivity contribution is -0.384. The first-order valence-corrected chi connectivity index (χ1v) is 10.1. The van der Waals surface area contributed by atoms with Crippen molar-refractivity contribution < 1.29 is 24.0 Å². The van der Waals surface area contributed by atoms with Crippen LogP contribution in [0.15, 0.2) is 70.9 Å². The van der Waals surface area contributed by atoms with Gasteiger partial charge in [-0.15, -0.1) is 0 Å². The van der Waals surface area contributed by atoms with E-state index in [4.69, 9.17) is 9.47 Å². The van der Waals surface area contributed by atoms with Gasteiger partial charge in [0.2, 0.25) is 5.91 Å². The zero-order valence-electron chi connectivity index (χ0n) is 18.5. The molecule has 1 aliphatic heterocycles. The Kier molecular flexibility index (Phi) is 7.39. The van der Waals surface area contributed by atoms with Crippen molar-refractivity contribution in [3.8, 4) is 0 Å². The van der Waals surface area contributed by atoms with Crippen LogP contribution in [0.3, 0.4) is 0 Å². The fraction of sp³-hybridized carbons (Fsp3) is 0.261. The summed E-state index contributed by atoms with van der Waals surface area (Å²) in [6, 6.07) is 15.1. The number of nitrogens with zero attached hydrogens (tertiary/aromatic N) is 3. The molecule has 172 valence electrons. The Morgan fingerprint density at radius 1 is 1.12 bits per heavy atom. The Morgan fingerprint density at radius 3 is 2.36 bits per heavy atom. The normalized spacial score (nSPS) is 15.2. The lowest BCUT2D eigenvalue weighted by atomic mass is 10.1. The number of nitro groups is 1. The Hall–Kier alpha value is -4.21. The molecule has 1 atom stereocenters. The average Bonchev–Trinajstić information content (AvgIpc) is 2.83. The van der Waals surface area contributed by atoms with Crippen LogP contribution in [-0.2, 0) is 25.5 Å². The molecule has 10 heteroatoms. The van der Waals surface area contributed by atoms with Gasteiger partial charge in [0.15, 0.2) is 0 Å². The summed E-state index contributed by atoms with van der Waals surface area (Å²) in [5, 5.41) is 14.0. The topological polar surface area (TPSA) is 123 Å². The number of nitro benzene ring substituents is 1. The summed E-state index contributed by atoms with van der Waals surface area (Å²) in [7, 11) is 2.65. The second kappa shape index (κ2) is 10.4. The number of rotatable bonds is 7. The van der Waals surface area contributed by atoms with E-state index < -0.39 is 17.1 Å². The number of nitrogens with one attached hydrogen (secondary N) is 1. The molecule has 0 saturated carbocycles. The van der Waals surface area contributed by atoms with Crippen molar-refractivity contribution in [2.24, 2.45) is 4.99 Å². The number of aliphatic imine (C=N–C) groups is 1. The minimum absolute atomic E-state index is 0.118. The first-order chi connectivity index (χ1) is 15.8. The Morgan fingerprint density at radius 2 is 1.79 bits per heavy atom. The van der Waals surface area contributed by atoms with Crippen LogP contribution in [0, 0.1) is 10.1 Å². The van der Waals surface area contributed by atoms with Crippen molar-refractivity contribution in [2.45, 2.75) is 25.9 Å². The van der Waals surface area contributed by atoms with Crippen LogP contribution in [0.4, 0.5) is 11.4 Å². The number of ether oxygens (including phenoxy) is 2. The molecule has 0 saturated heterocycles. The minimum Gasteiger partial charge on any atom is -0.468 e. The lowest BCUT2D eigenvalue weighted by Crippen LogP contribution is -2.55. The van der Waals surface area contributed by atoms with E-state index in [-0.39, 0.29) is 29.6 Å². The van der Waals surface area contributed by atoms with Crippen LogP contribution in [-0.4, -0.2) is 43.2 Å². The van der Waals surface area contributed by atoms with E-state index in [1.807, 2.05) is 30.3 Å². The van der Waals surface area contributed by atoms with E-state index in [2.05, 4.69) is 10.3 Å². The van der Waals surface area contributed by atoms with Gasteiger partial charge < -0.3 is 14.8 Å². The average molecular weight is 452 g/mol. The number of non-ortho nitro benzene ring substituents is 1. The molecule has 1 amide bonds. The Bertz CT molecular complexity index is 1100. The van der Waals surface area contributed by atoms with Crippen LogP contribution >= 0.6 is 0 Å². The van der Waals surface area contributed by atoms with Gasteiger partial charge in [0.25, 0.3) is 11.7 Å². The van der Waals surface area contributed by atoms with Crippen LogP contribution in [0.1, 0.15) is 18.9 Å². The number of hydrogen-bond acceptors (Lipinski definition) is 8. The molecule has 1 N–H and O–H groups in total. The molecule has 2 aromatic rings. The van der Waals surface area contributed by atoms with Gasteiger partial charge in [-0.1, -0.05) is 30.3 Å². The SMILES string of the molecule is COC(=O)C1=C(C)N=C(OC)NC1N(C(=O)CCc1ccccc1)c1ccc([N+](=O)[O-])cc1. The highest BCUT2D eigenvalue weighted by Crippen LogP contribution is 2.28. The van der Waals surface area contributed by atoms with Gasteiger partial charge >= 0.3 is 5.97 Å². The number of esters is 1. The number of carbonyl (C=O) groups is 2. The quantitative estimate of drug-likeness (QED) is 0.389. The number of carbonyl (C=O) groups excluding carboxylic acids is 2. The molecule has 2 aromatic carbocycles. The van der Waals surface area contributed by atoms with Gasteiger partial charge in [0.05, 0.1) is 24.8 Å². The fourth-order valence-corrected chi connectivity index (χ4v) is 3.49. The van der Waals surface area contributed by atoms with E-state index in [1.54, 1.807) is 6.92 Å². The summed E-state index contributed by atoms with van der Waals surface area (Å²) in [5.41, 5.74) is 1.67. The largest absolute Gasteiger partial charge is 0.468 e.